The summed E-state index contributed by atoms with van der Waals surface area (Å²) in [7, 11) is 15.2. The monoisotopic (exact) mass is 1110 g/mol. The molecule has 0 N–H and O–H groups in total. The summed E-state index contributed by atoms with van der Waals surface area (Å²) in [6, 6.07) is 0. The van der Waals surface area contributed by atoms with Crippen LogP contribution >= 0.6 is 0 Å². The topological polar surface area (TPSA) is 279 Å². The number of ether oxygens (including phenoxy) is 4. The Balaban J connectivity index is 0.00000130. The van der Waals surface area contributed by atoms with Crippen LogP contribution in [0.4, 0.5) is 0 Å². The van der Waals surface area contributed by atoms with Crippen LogP contribution in [0, 0.1) is 11.3 Å². The van der Waals surface area contributed by atoms with Crippen LogP contribution in [0.5, 0.6) is 0 Å². The summed E-state index contributed by atoms with van der Waals surface area (Å²) < 4.78 is 22.8. The van der Waals surface area contributed by atoms with E-state index in [4.69, 9.17) is 28.6 Å². The van der Waals surface area contributed by atoms with E-state index in [1.807, 2.05) is 70.2 Å². The van der Waals surface area contributed by atoms with Crippen LogP contribution in [0.25, 0.3) is 0 Å². The molecule has 78 heavy (non-hydrogen) atoms. The van der Waals surface area contributed by atoms with Gasteiger partial charge in [0, 0.05) is 48.8 Å². The molecule has 2 rings (SSSR count). The number of rotatable bonds is 34. The highest BCUT2D eigenvalue weighted by atomic mass is 16.7. The Labute approximate surface area is 462 Å². The van der Waals surface area contributed by atoms with E-state index in [9.17, 15) is 58.2 Å². The van der Waals surface area contributed by atoms with Crippen molar-refractivity contribution in [1.29, 1.82) is 0 Å². The van der Waals surface area contributed by atoms with Crippen molar-refractivity contribution >= 4 is 59.6 Å². The molecule has 0 saturated carbocycles. The van der Waals surface area contributed by atoms with E-state index in [-0.39, 0.29) is 75.9 Å². The third-order valence-electron chi connectivity index (χ3n) is 13.4. The maximum absolute atomic E-state index is 12.8. The van der Waals surface area contributed by atoms with Gasteiger partial charge in [0.2, 0.25) is 0 Å². The van der Waals surface area contributed by atoms with Crippen LogP contribution in [0.15, 0.2) is 24.3 Å². The van der Waals surface area contributed by atoms with Gasteiger partial charge in [0.05, 0.1) is 120 Å². The molecule has 24 nitrogen and oxygen atoms in total. The first-order valence-corrected chi connectivity index (χ1v) is 26.6. The molecule has 2 heterocycles. The first-order chi connectivity index (χ1) is 36.0. The molecular weight excluding hydrogens is 1020 g/mol. The Morgan fingerprint density at radius 1 is 0.564 bits per heavy atom. The van der Waals surface area contributed by atoms with Crippen molar-refractivity contribution in [2.24, 2.45) is 11.3 Å². The molecule has 24 heteroatoms. The van der Waals surface area contributed by atoms with Gasteiger partial charge in [-0.25, -0.2) is 19.2 Å². The quantitative estimate of drug-likeness (QED) is 0.0370. The van der Waals surface area contributed by atoms with Gasteiger partial charge in [0.25, 0.3) is 11.8 Å². The predicted molar refractivity (Wildman–Crippen MR) is 280 cm³/mol. The van der Waals surface area contributed by atoms with Crippen LogP contribution in [0.1, 0.15) is 105 Å². The van der Waals surface area contributed by atoms with Gasteiger partial charge in [-0.3, -0.25) is 19.2 Å². The number of esters is 4. The summed E-state index contributed by atoms with van der Waals surface area (Å²) in [6.07, 6.45) is 4.00. The van der Waals surface area contributed by atoms with Gasteiger partial charge in [0.1, 0.15) is 52.6 Å². The van der Waals surface area contributed by atoms with E-state index in [0.717, 1.165) is 16.5 Å². The highest BCUT2D eigenvalue weighted by Gasteiger charge is 2.35. The minimum atomic E-state index is -1.10. The fourth-order valence-electron chi connectivity index (χ4n) is 6.99. The van der Waals surface area contributed by atoms with Crippen molar-refractivity contribution in [3.05, 3.63) is 24.3 Å². The summed E-state index contributed by atoms with van der Waals surface area (Å²) in [6.45, 7) is 21.4. The largest absolute Gasteiger partial charge is 0.550 e. The van der Waals surface area contributed by atoms with E-state index in [1.165, 1.54) is 0 Å². The fourth-order valence-corrected chi connectivity index (χ4v) is 6.99. The van der Waals surface area contributed by atoms with E-state index in [2.05, 4.69) is 13.2 Å². The molecule has 0 aromatic rings. The molecule has 2 atom stereocenters. The predicted octanol–water partition coefficient (Wildman–Crippen LogP) is 0.644. The Morgan fingerprint density at radius 2 is 0.897 bits per heavy atom. The van der Waals surface area contributed by atoms with Gasteiger partial charge in [0.15, 0.2) is 0 Å². The Morgan fingerprint density at radius 3 is 1.21 bits per heavy atom. The van der Waals surface area contributed by atoms with E-state index < -0.39 is 47.1 Å². The molecule has 2 saturated heterocycles. The minimum absolute atomic E-state index is 0.00142. The number of hydrogen-bond acceptors (Lipinski definition) is 18. The summed E-state index contributed by atoms with van der Waals surface area (Å²) in [5.74, 6) is -5.26. The average molecular weight is 1120 g/mol. The lowest BCUT2D eigenvalue weighted by atomic mass is 9.81. The molecule has 0 spiro atoms. The maximum atomic E-state index is 12.8. The molecule has 2 aliphatic heterocycles. The summed E-state index contributed by atoms with van der Waals surface area (Å²) in [5.41, 5.74) is -0.0201. The van der Waals surface area contributed by atoms with Gasteiger partial charge < -0.3 is 66.4 Å². The second-order valence-corrected chi connectivity index (χ2v) is 22.9. The van der Waals surface area contributed by atoms with Crippen molar-refractivity contribution in [1.82, 2.24) is 10.1 Å². The molecule has 2 amide bonds. The number of likely N-dealkylation sites (N-methyl/N-ethyl adjacent to an activating group) is 4. The smallest absolute Gasteiger partial charge is 0.338 e. The number of carboxylic acid groups (broad SMARTS) is 2. The Bertz CT molecular complexity index is 2060. The molecule has 2 unspecified atom stereocenters. The fraction of sp³-hybridized carbons (Fsp3) is 0.741. The normalized spacial score (nSPS) is 14.8. The number of carbonyl (C=O) groups is 10. The zero-order valence-corrected chi connectivity index (χ0v) is 49.2. The first-order valence-electron chi connectivity index (χ1n) is 26.6. The SMILES string of the molecule is C=C(C)C(=O)OCC[N+](C)(C)CCC(=O)ON1CCCC1=O.C=C(C)C(=O)OCC[N+](C)(C)CCC(=O)[O-].CCC(C)(CCC(C)C(=O)OCC[N+](C)(C)CCC(=O)ON1CCCC1=O)C(=O)OCC[N+](C)(C)CCC(=O)[O-]. The zero-order chi connectivity index (χ0) is 60.1. The highest BCUT2D eigenvalue weighted by Crippen LogP contribution is 2.31. The maximum Gasteiger partial charge on any atom is 0.338 e. The highest BCUT2D eigenvalue weighted by molar-refractivity contribution is 5.87. The third-order valence-corrected chi connectivity index (χ3v) is 13.4. The van der Waals surface area contributed by atoms with Crippen molar-refractivity contribution < 1.29 is 105 Å². The molecule has 2 aliphatic rings. The minimum Gasteiger partial charge on any atom is -0.550 e. The Kier molecular flexibility index (Phi) is 32.1. The van der Waals surface area contributed by atoms with Crippen molar-refractivity contribution in [2.75, 3.05) is 148 Å². The number of nitrogens with zero attached hydrogens (tertiary/aromatic N) is 6. The van der Waals surface area contributed by atoms with Gasteiger partial charge in [-0.05, 0) is 52.9 Å². The molecule has 0 aliphatic carbocycles. The van der Waals surface area contributed by atoms with Crippen LogP contribution in [-0.4, -0.2) is 236 Å². The van der Waals surface area contributed by atoms with Gasteiger partial charge in [-0.2, -0.15) is 10.1 Å². The number of carbonyl (C=O) groups excluding carboxylic acids is 10. The number of amides is 2. The molecule has 0 bridgehead atoms. The van der Waals surface area contributed by atoms with Crippen LogP contribution in [-0.2, 0) is 76.6 Å². The lowest BCUT2D eigenvalue weighted by molar-refractivity contribution is -0.890. The zero-order valence-electron chi connectivity index (χ0n) is 49.2. The lowest BCUT2D eigenvalue weighted by Crippen LogP contribution is -2.45. The summed E-state index contributed by atoms with van der Waals surface area (Å²) >= 11 is 0. The number of quaternary nitrogens is 4. The molecule has 446 valence electrons. The number of carboxylic acids is 2. The van der Waals surface area contributed by atoms with Crippen LogP contribution in [0.3, 0.4) is 0 Å². The second kappa shape index (κ2) is 34.8. The summed E-state index contributed by atoms with van der Waals surface area (Å²) in [5, 5.41) is 23.3. The average Bonchev–Trinajstić information content (AvgIpc) is 3.95. The van der Waals surface area contributed by atoms with Crippen LogP contribution < -0.4 is 10.2 Å². The first kappa shape index (κ1) is 72.0. The van der Waals surface area contributed by atoms with Crippen molar-refractivity contribution in [2.45, 2.75) is 105 Å². The van der Waals surface area contributed by atoms with Crippen LogP contribution in [0.2, 0.25) is 0 Å². The second-order valence-electron chi connectivity index (χ2n) is 22.9. The number of aliphatic carboxylic acids is 2. The van der Waals surface area contributed by atoms with E-state index in [1.54, 1.807) is 20.8 Å². The summed E-state index contributed by atoms with van der Waals surface area (Å²) in [4.78, 5) is 126. The van der Waals surface area contributed by atoms with Crippen molar-refractivity contribution in [3.63, 3.8) is 0 Å². The standard InChI is InChI=1S/C28H50N3O9.C15H25N2O5.C11H19NO4/c1-8-28(3,27(37)39-21-19-30(4,5)16-12-24(33)34)14-11-22(2)26(36)38-20-18-31(6,7)17-13-25(35)40-29-15-9-10-23(29)32;1-12(2)15(20)21-11-10-17(3,4)9-7-14(19)22-16-8-5-6-13(16)18;1-9(2)11(15)16-8-7-12(3,4)6-5-10(13)14/h22H,8-21H2,1-7H3;1,5-11H2,2-4H3;1,5-8H2,2-4H3/q2*+1;. The van der Waals surface area contributed by atoms with E-state index >= 15 is 0 Å². The molecule has 0 aromatic carbocycles. The molecule has 0 radical (unpaired) electrons. The van der Waals surface area contributed by atoms with Gasteiger partial charge in [-0.1, -0.05) is 27.0 Å². The Hall–Kier alpha value is -5.98. The number of hydrogen-bond donors (Lipinski definition) is 0. The van der Waals surface area contributed by atoms with Gasteiger partial charge in [-0.15, -0.1) is 0 Å². The third kappa shape index (κ3) is 32.7. The molecular formula is C54H94N6O18+2. The van der Waals surface area contributed by atoms with Gasteiger partial charge >= 0.3 is 35.8 Å². The molecule has 0 aromatic heterocycles. The molecule has 2 fully saturated rings. The lowest BCUT2D eigenvalue weighted by Gasteiger charge is -2.31. The number of hydroxylamine groups is 4. The van der Waals surface area contributed by atoms with E-state index in [0.29, 0.717) is 133 Å². The van der Waals surface area contributed by atoms with Crippen molar-refractivity contribution in [3.8, 4) is 0 Å².